The van der Waals surface area contributed by atoms with Crippen LogP contribution in [0.1, 0.15) is 22.0 Å². The Hall–Kier alpha value is -3.71. The second kappa shape index (κ2) is 9.62. The Kier molecular flexibility index (Phi) is 6.07. The monoisotopic (exact) mass is 442 g/mol. The lowest BCUT2D eigenvalue weighted by Crippen LogP contribution is -2.03. The Morgan fingerprint density at radius 3 is 2.62 bits per heavy atom. The van der Waals surface area contributed by atoms with Crippen molar-refractivity contribution < 1.29 is 9.47 Å². The topological polar surface area (TPSA) is 72.9 Å². The van der Waals surface area contributed by atoms with Gasteiger partial charge < -0.3 is 9.47 Å². The SMILES string of the molecule is c1ccc(COc2cc(OCCc3ccccn3)c3n[nH]c(Cc4nccs4)c3c2)cc1. The highest BCUT2D eigenvalue weighted by Gasteiger charge is 2.15. The maximum absolute atomic E-state index is 6.15. The number of fused-ring (bicyclic) bond motifs is 1. The Bertz CT molecular complexity index is 1270. The molecule has 2 aromatic carbocycles. The molecule has 0 saturated heterocycles. The minimum absolute atomic E-state index is 0.486. The molecule has 6 nitrogen and oxygen atoms in total. The second-order valence-corrected chi connectivity index (χ2v) is 8.30. The van der Waals surface area contributed by atoms with Crippen LogP contribution < -0.4 is 9.47 Å². The van der Waals surface area contributed by atoms with E-state index in [-0.39, 0.29) is 0 Å². The average molecular weight is 443 g/mol. The Morgan fingerprint density at radius 1 is 0.906 bits per heavy atom. The van der Waals surface area contributed by atoms with E-state index in [1.165, 1.54) is 0 Å². The van der Waals surface area contributed by atoms with Crippen LogP contribution >= 0.6 is 11.3 Å². The largest absolute Gasteiger partial charge is 0.491 e. The molecule has 0 radical (unpaired) electrons. The zero-order valence-electron chi connectivity index (χ0n) is 17.4. The van der Waals surface area contributed by atoms with Gasteiger partial charge in [-0.1, -0.05) is 36.4 Å². The third kappa shape index (κ3) is 4.78. The van der Waals surface area contributed by atoms with Gasteiger partial charge in [0, 0.05) is 47.8 Å². The first-order valence-corrected chi connectivity index (χ1v) is 11.3. The fraction of sp³-hybridized carbons (Fsp3) is 0.160. The minimum atomic E-state index is 0.486. The molecule has 7 heteroatoms. The zero-order chi connectivity index (χ0) is 21.6. The van der Waals surface area contributed by atoms with Crippen LogP contribution in [-0.4, -0.2) is 26.8 Å². The molecule has 0 amide bonds. The van der Waals surface area contributed by atoms with Gasteiger partial charge in [0.05, 0.1) is 17.3 Å². The van der Waals surface area contributed by atoms with Crippen LogP contribution in [-0.2, 0) is 19.4 Å². The van der Waals surface area contributed by atoms with Crippen LogP contribution in [0.5, 0.6) is 11.5 Å². The summed E-state index contributed by atoms with van der Waals surface area (Å²) in [6, 6.07) is 20.0. The molecule has 5 aromatic rings. The number of hydrogen-bond donors (Lipinski definition) is 1. The van der Waals surface area contributed by atoms with Gasteiger partial charge in [-0.3, -0.25) is 10.1 Å². The number of ether oxygens (including phenoxy) is 2. The lowest BCUT2D eigenvalue weighted by Gasteiger charge is -2.11. The van der Waals surface area contributed by atoms with E-state index in [2.05, 4.69) is 32.3 Å². The van der Waals surface area contributed by atoms with Crippen LogP contribution in [0.15, 0.2) is 78.4 Å². The normalized spacial score (nSPS) is 11.0. The van der Waals surface area contributed by atoms with Crippen LogP contribution in [0.2, 0.25) is 0 Å². The van der Waals surface area contributed by atoms with Crippen molar-refractivity contribution in [1.82, 2.24) is 20.2 Å². The van der Waals surface area contributed by atoms with Gasteiger partial charge in [0.25, 0.3) is 0 Å². The van der Waals surface area contributed by atoms with E-state index >= 15 is 0 Å². The smallest absolute Gasteiger partial charge is 0.151 e. The van der Waals surface area contributed by atoms with E-state index in [9.17, 15) is 0 Å². The lowest BCUT2D eigenvalue weighted by molar-refractivity contribution is 0.297. The van der Waals surface area contributed by atoms with Crippen molar-refractivity contribution in [2.75, 3.05) is 6.61 Å². The minimum Gasteiger partial charge on any atom is -0.491 e. The third-order valence-corrected chi connectivity index (χ3v) is 5.86. The number of nitrogens with zero attached hydrogens (tertiary/aromatic N) is 3. The van der Waals surface area contributed by atoms with E-state index < -0.39 is 0 Å². The predicted octanol–water partition coefficient (Wildman–Crippen LogP) is 5.21. The highest BCUT2D eigenvalue weighted by Crippen LogP contribution is 2.33. The second-order valence-electron chi connectivity index (χ2n) is 7.32. The summed E-state index contributed by atoms with van der Waals surface area (Å²) in [5.41, 5.74) is 3.89. The van der Waals surface area contributed by atoms with Crippen LogP contribution in [0.3, 0.4) is 0 Å². The van der Waals surface area contributed by atoms with E-state index in [4.69, 9.17) is 9.47 Å². The lowest BCUT2D eigenvalue weighted by atomic mass is 10.1. The quantitative estimate of drug-likeness (QED) is 0.339. The average Bonchev–Trinajstić information content (AvgIpc) is 3.50. The number of rotatable bonds is 9. The molecule has 0 aliphatic carbocycles. The van der Waals surface area contributed by atoms with Crippen LogP contribution in [0, 0.1) is 0 Å². The van der Waals surface area contributed by atoms with Gasteiger partial charge in [-0.05, 0) is 23.8 Å². The summed E-state index contributed by atoms with van der Waals surface area (Å²) in [5.74, 6) is 1.44. The van der Waals surface area contributed by atoms with E-state index in [0.717, 1.165) is 38.6 Å². The molecule has 160 valence electrons. The predicted molar refractivity (Wildman–Crippen MR) is 125 cm³/mol. The van der Waals surface area contributed by atoms with Gasteiger partial charge in [-0.25, -0.2) is 4.98 Å². The van der Waals surface area contributed by atoms with Crippen molar-refractivity contribution in [3.05, 3.63) is 100 Å². The highest BCUT2D eigenvalue weighted by molar-refractivity contribution is 7.09. The molecule has 5 rings (SSSR count). The first kappa shape index (κ1) is 20.2. The molecule has 32 heavy (non-hydrogen) atoms. The molecular formula is C25H22N4O2S. The summed E-state index contributed by atoms with van der Waals surface area (Å²) >= 11 is 1.63. The summed E-state index contributed by atoms with van der Waals surface area (Å²) in [5, 5.41) is 11.7. The summed E-state index contributed by atoms with van der Waals surface area (Å²) in [7, 11) is 0. The van der Waals surface area contributed by atoms with Crippen molar-refractivity contribution in [2.24, 2.45) is 0 Å². The number of aromatic nitrogens is 4. The number of pyridine rings is 1. The molecule has 3 heterocycles. The van der Waals surface area contributed by atoms with E-state index in [1.807, 2.05) is 60.1 Å². The van der Waals surface area contributed by atoms with Crippen LogP contribution in [0.4, 0.5) is 0 Å². The first-order valence-electron chi connectivity index (χ1n) is 10.4. The molecule has 0 saturated carbocycles. The van der Waals surface area contributed by atoms with Crippen molar-refractivity contribution in [3.8, 4) is 11.5 Å². The molecule has 1 N–H and O–H groups in total. The van der Waals surface area contributed by atoms with Gasteiger partial charge in [-0.15, -0.1) is 11.3 Å². The Morgan fingerprint density at radius 2 is 1.81 bits per heavy atom. The molecule has 0 bridgehead atoms. The molecule has 0 spiro atoms. The summed E-state index contributed by atoms with van der Waals surface area (Å²) in [6.45, 7) is 0.988. The van der Waals surface area contributed by atoms with Gasteiger partial charge >= 0.3 is 0 Å². The van der Waals surface area contributed by atoms with Crippen LogP contribution in [0.25, 0.3) is 10.9 Å². The molecule has 0 atom stereocenters. The fourth-order valence-electron chi connectivity index (χ4n) is 3.48. The third-order valence-electron chi connectivity index (χ3n) is 5.08. The zero-order valence-corrected chi connectivity index (χ0v) is 18.2. The number of benzene rings is 2. The molecule has 3 aromatic heterocycles. The fourth-order valence-corrected chi connectivity index (χ4v) is 4.11. The molecular weight excluding hydrogens is 420 g/mol. The molecule has 0 aliphatic heterocycles. The molecule has 0 fully saturated rings. The number of hydrogen-bond acceptors (Lipinski definition) is 6. The van der Waals surface area contributed by atoms with E-state index in [0.29, 0.717) is 31.8 Å². The summed E-state index contributed by atoms with van der Waals surface area (Å²) in [6.07, 6.45) is 5.01. The Labute approximate surface area is 189 Å². The molecule has 0 aliphatic rings. The Balaban J connectivity index is 1.41. The maximum atomic E-state index is 6.15. The number of nitrogens with one attached hydrogen (secondary N) is 1. The van der Waals surface area contributed by atoms with Crippen molar-refractivity contribution >= 4 is 22.2 Å². The number of aromatic amines is 1. The van der Waals surface area contributed by atoms with Gasteiger partial charge in [-0.2, -0.15) is 5.10 Å². The highest BCUT2D eigenvalue weighted by atomic mass is 32.1. The van der Waals surface area contributed by atoms with Crippen molar-refractivity contribution in [2.45, 2.75) is 19.4 Å². The van der Waals surface area contributed by atoms with Crippen molar-refractivity contribution in [1.29, 1.82) is 0 Å². The maximum Gasteiger partial charge on any atom is 0.151 e. The van der Waals surface area contributed by atoms with Gasteiger partial charge in [0.1, 0.15) is 17.9 Å². The molecule has 0 unspecified atom stereocenters. The van der Waals surface area contributed by atoms with Gasteiger partial charge in [0.15, 0.2) is 5.75 Å². The van der Waals surface area contributed by atoms with E-state index in [1.54, 1.807) is 17.5 Å². The number of thiazole rings is 1. The number of H-pyrrole nitrogens is 1. The standard InChI is InChI=1S/C25H22N4O2S/c1-2-6-18(7-3-1)17-31-20-14-21-22(16-24-27-11-13-32-24)28-29-25(21)23(15-20)30-12-9-19-8-4-5-10-26-19/h1-8,10-11,13-15H,9,12,16-17H2,(H,28,29). The van der Waals surface area contributed by atoms with Gasteiger partial charge in [0.2, 0.25) is 0 Å². The summed E-state index contributed by atoms with van der Waals surface area (Å²) in [4.78, 5) is 8.77. The van der Waals surface area contributed by atoms with Crippen molar-refractivity contribution in [3.63, 3.8) is 0 Å². The summed E-state index contributed by atoms with van der Waals surface area (Å²) < 4.78 is 12.3. The first-order chi connectivity index (χ1) is 15.8.